The average Bonchev–Trinajstić information content (AvgIpc) is 2.38. The maximum absolute atomic E-state index is 4.77. The summed E-state index contributed by atoms with van der Waals surface area (Å²) in [6.45, 7) is 6.32. The third kappa shape index (κ3) is 3.46. The van der Waals surface area contributed by atoms with Gasteiger partial charge < -0.3 is 5.32 Å². The molecule has 0 amide bonds. The zero-order chi connectivity index (χ0) is 13.8. The van der Waals surface area contributed by atoms with Crippen molar-refractivity contribution in [3.8, 4) is 0 Å². The van der Waals surface area contributed by atoms with E-state index in [0.717, 1.165) is 42.5 Å². The topological polar surface area (TPSA) is 41.1 Å². The van der Waals surface area contributed by atoms with Gasteiger partial charge in [0.1, 0.15) is 5.82 Å². The fourth-order valence-electron chi connectivity index (χ4n) is 2.48. The quantitative estimate of drug-likeness (QED) is 0.907. The summed E-state index contributed by atoms with van der Waals surface area (Å²) < 4.78 is 0. The molecule has 0 aliphatic carbocycles. The second-order valence-electron chi connectivity index (χ2n) is 5.16. The summed E-state index contributed by atoms with van der Waals surface area (Å²) >= 11 is 2.00. The summed E-state index contributed by atoms with van der Waals surface area (Å²) in [5.41, 5.74) is 3.58. The molecule has 1 aliphatic rings. The zero-order valence-corrected chi connectivity index (χ0v) is 13.2. The van der Waals surface area contributed by atoms with Gasteiger partial charge in [-0.1, -0.05) is 0 Å². The molecule has 1 aromatic rings. The number of aryl methyl sites for hydroxylation is 2. The minimum absolute atomic E-state index is 0.370. The summed E-state index contributed by atoms with van der Waals surface area (Å²) in [7, 11) is 4.15. The number of thioether (sulfide) groups is 1. The Morgan fingerprint density at radius 1 is 1.32 bits per heavy atom. The second-order valence-corrected chi connectivity index (χ2v) is 6.31. The van der Waals surface area contributed by atoms with Crippen molar-refractivity contribution in [1.82, 2.24) is 20.2 Å². The molecule has 0 aromatic carbocycles. The Bertz CT molecular complexity index is 412. The monoisotopic (exact) mass is 280 g/mol. The Kier molecular flexibility index (Phi) is 5.19. The van der Waals surface area contributed by atoms with Crippen LogP contribution in [0.25, 0.3) is 0 Å². The van der Waals surface area contributed by atoms with Crippen LogP contribution in [-0.4, -0.2) is 53.6 Å². The summed E-state index contributed by atoms with van der Waals surface area (Å²) in [5, 5.41) is 3.19. The normalized spacial score (nSPS) is 20.7. The van der Waals surface area contributed by atoms with Crippen molar-refractivity contribution in [3.05, 3.63) is 22.8 Å². The van der Waals surface area contributed by atoms with Crippen LogP contribution in [0, 0.1) is 13.8 Å². The predicted molar refractivity (Wildman–Crippen MR) is 81.8 cm³/mol. The Morgan fingerprint density at radius 3 is 2.58 bits per heavy atom. The Labute approximate surface area is 120 Å². The molecule has 106 valence electrons. The molecule has 1 saturated heterocycles. The molecular formula is C14H24N4S. The van der Waals surface area contributed by atoms with E-state index in [0.29, 0.717) is 6.04 Å². The molecule has 1 unspecified atom stereocenters. The van der Waals surface area contributed by atoms with Crippen LogP contribution in [0.15, 0.2) is 0 Å². The fraction of sp³-hybridized carbons (Fsp3) is 0.714. The fourth-order valence-corrected chi connectivity index (χ4v) is 3.70. The first-order chi connectivity index (χ1) is 9.13. The molecule has 4 nitrogen and oxygen atoms in total. The van der Waals surface area contributed by atoms with Crippen LogP contribution < -0.4 is 5.32 Å². The molecule has 1 atom stereocenters. The van der Waals surface area contributed by atoms with E-state index in [2.05, 4.69) is 31.1 Å². The number of hydrogen-bond donors (Lipinski definition) is 1. The lowest BCUT2D eigenvalue weighted by molar-refractivity contribution is 0.264. The maximum atomic E-state index is 4.77. The third-order valence-electron chi connectivity index (χ3n) is 3.76. The minimum Gasteiger partial charge on any atom is -0.319 e. The van der Waals surface area contributed by atoms with Crippen LogP contribution in [0.1, 0.15) is 28.8 Å². The molecule has 5 heteroatoms. The Balaban J connectivity index is 2.23. The number of nitrogens with zero attached hydrogens (tertiary/aromatic N) is 3. The number of likely N-dealkylation sites (N-methyl/N-ethyl adjacent to an activating group) is 1. The molecule has 2 heterocycles. The molecule has 1 fully saturated rings. The average molecular weight is 280 g/mol. The van der Waals surface area contributed by atoms with Gasteiger partial charge in [0, 0.05) is 29.4 Å². The van der Waals surface area contributed by atoms with E-state index >= 15 is 0 Å². The van der Waals surface area contributed by atoms with Crippen LogP contribution >= 0.6 is 11.8 Å². The van der Waals surface area contributed by atoms with Gasteiger partial charge in [-0.2, -0.15) is 11.8 Å². The number of rotatable bonds is 4. The maximum Gasteiger partial charge on any atom is 0.146 e. The molecule has 1 N–H and O–H groups in total. The van der Waals surface area contributed by atoms with Crippen LogP contribution in [0.3, 0.4) is 0 Å². The highest BCUT2D eigenvalue weighted by atomic mass is 32.2. The van der Waals surface area contributed by atoms with E-state index in [1.165, 1.54) is 11.3 Å². The highest BCUT2D eigenvalue weighted by molar-refractivity contribution is 7.99. The zero-order valence-electron chi connectivity index (χ0n) is 12.4. The first kappa shape index (κ1) is 14.8. The molecule has 2 rings (SSSR count). The SMILES string of the molecule is CNCCc1c(C)nc(C2CSCCN2C)nc1C. The largest absolute Gasteiger partial charge is 0.319 e. The van der Waals surface area contributed by atoms with Crippen molar-refractivity contribution < 1.29 is 0 Å². The summed E-state index contributed by atoms with van der Waals surface area (Å²) in [6.07, 6.45) is 1.00. The minimum atomic E-state index is 0.370. The first-order valence-electron chi connectivity index (χ1n) is 6.90. The van der Waals surface area contributed by atoms with Gasteiger partial charge in [0.25, 0.3) is 0 Å². The second kappa shape index (κ2) is 6.68. The number of nitrogens with one attached hydrogen (secondary N) is 1. The van der Waals surface area contributed by atoms with Crippen molar-refractivity contribution in [3.63, 3.8) is 0 Å². The van der Waals surface area contributed by atoms with Crippen molar-refractivity contribution in [1.29, 1.82) is 0 Å². The van der Waals surface area contributed by atoms with Gasteiger partial charge in [-0.15, -0.1) is 0 Å². The van der Waals surface area contributed by atoms with Crippen molar-refractivity contribution in [2.75, 3.05) is 38.7 Å². The lowest BCUT2D eigenvalue weighted by Gasteiger charge is -2.31. The van der Waals surface area contributed by atoms with E-state index in [1.54, 1.807) is 0 Å². The molecule has 0 radical (unpaired) electrons. The van der Waals surface area contributed by atoms with Crippen molar-refractivity contribution in [2.45, 2.75) is 26.3 Å². The van der Waals surface area contributed by atoms with Gasteiger partial charge in [0.15, 0.2) is 0 Å². The standard InChI is InChI=1S/C14H24N4S/c1-10-12(5-6-15-3)11(2)17-14(16-10)13-9-19-8-7-18(13)4/h13,15H,5-9H2,1-4H3. The number of hydrogen-bond acceptors (Lipinski definition) is 5. The van der Waals surface area contributed by atoms with Crippen molar-refractivity contribution >= 4 is 11.8 Å². The van der Waals surface area contributed by atoms with Crippen LogP contribution in [0.4, 0.5) is 0 Å². The Morgan fingerprint density at radius 2 is 2.00 bits per heavy atom. The van der Waals surface area contributed by atoms with E-state index in [1.807, 2.05) is 18.8 Å². The molecule has 19 heavy (non-hydrogen) atoms. The van der Waals surface area contributed by atoms with E-state index in [4.69, 9.17) is 9.97 Å². The lowest BCUT2D eigenvalue weighted by atomic mass is 10.1. The molecular weight excluding hydrogens is 256 g/mol. The van der Waals surface area contributed by atoms with Gasteiger partial charge in [0.05, 0.1) is 6.04 Å². The summed E-state index contributed by atoms with van der Waals surface area (Å²) in [6, 6.07) is 0.370. The Hall–Kier alpha value is -0.650. The van der Waals surface area contributed by atoms with Crippen LogP contribution in [0.5, 0.6) is 0 Å². The van der Waals surface area contributed by atoms with Gasteiger partial charge in [0.2, 0.25) is 0 Å². The van der Waals surface area contributed by atoms with Crippen molar-refractivity contribution in [2.24, 2.45) is 0 Å². The lowest BCUT2D eigenvalue weighted by Crippen LogP contribution is -2.34. The third-order valence-corrected chi connectivity index (χ3v) is 4.78. The van der Waals surface area contributed by atoms with Crippen LogP contribution in [-0.2, 0) is 6.42 Å². The smallest absolute Gasteiger partial charge is 0.146 e. The summed E-state index contributed by atoms with van der Waals surface area (Å²) in [5.74, 6) is 3.31. The molecule has 0 saturated carbocycles. The van der Waals surface area contributed by atoms with Gasteiger partial charge in [-0.3, -0.25) is 4.90 Å². The first-order valence-corrected chi connectivity index (χ1v) is 8.05. The van der Waals surface area contributed by atoms with Gasteiger partial charge in [-0.25, -0.2) is 9.97 Å². The van der Waals surface area contributed by atoms with Gasteiger partial charge in [-0.05, 0) is 46.5 Å². The molecule has 1 aromatic heterocycles. The molecule has 0 bridgehead atoms. The molecule has 1 aliphatic heterocycles. The van der Waals surface area contributed by atoms with E-state index in [9.17, 15) is 0 Å². The summed E-state index contributed by atoms with van der Waals surface area (Å²) in [4.78, 5) is 11.9. The highest BCUT2D eigenvalue weighted by Crippen LogP contribution is 2.27. The van der Waals surface area contributed by atoms with E-state index in [-0.39, 0.29) is 0 Å². The molecule has 0 spiro atoms. The van der Waals surface area contributed by atoms with Crippen LogP contribution in [0.2, 0.25) is 0 Å². The highest BCUT2D eigenvalue weighted by Gasteiger charge is 2.24. The number of aromatic nitrogens is 2. The van der Waals surface area contributed by atoms with Gasteiger partial charge >= 0.3 is 0 Å². The van der Waals surface area contributed by atoms with E-state index < -0.39 is 0 Å². The predicted octanol–water partition coefficient (Wildman–Crippen LogP) is 1.58.